The van der Waals surface area contributed by atoms with E-state index in [1.165, 1.54) is 11.3 Å². The first-order chi connectivity index (χ1) is 12.5. The highest BCUT2D eigenvalue weighted by Crippen LogP contribution is 2.37. The third-order valence-corrected chi connectivity index (χ3v) is 5.64. The van der Waals surface area contributed by atoms with Crippen molar-refractivity contribution >= 4 is 45.6 Å². The Balaban J connectivity index is 1.78. The van der Waals surface area contributed by atoms with E-state index in [2.05, 4.69) is 22.5 Å². The number of amides is 3. The molecule has 0 aliphatic carbocycles. The number of fused-ring (bicyclic) bond motifs is 1. The monoisotopic (exact) mass is 392 g/mol. The van der Waals surface area contributed by atoms with Crippen LogP contribution >= 0.6 is 22.9 Å². The summed E-state index contributed by atoms with van der Waals surface area (Å²) in [6.07, 6.45) is 1.85. The van der Waals surface area contributed by atoms with Crippen LogP contribution in [0.1, 0.15) is 34.1 Å². The Hall–Kier alpha value is -2.09. The quantitative estimate of drug-likeness (QED) is 0.720. The molecule has 1 aromatic heterocycles. The van der Waals surface area contributed by atoms with Crippen LogP contribution < -0.4 is 16.4 Å². The molecule has 0 saturated heterocycles. The molecule has 3 amide bonds. The SMILES string of the molecule is CCCN1CCc2c(sc(NC(=O)Nc3ccc(Cl)cc3)c2C(N)=O)C1. The Morgan fingerprint density at radius 2 is 2.00 bits per heavy atom. The summed E-state index contributed by atoms with van der Waals surface area (Å²) in [6.45, 7) is 4.85. The minimum absolute atomic E-state index is 0.418. The Kier molecular flexibility index (Phi) is 5.80. The van der Waals surface area contributed by atoms with Crippen molar-refractivity contribution in [2.45, 2.75) is 26.3 Å². The first-order valence-corrected chi connectivity index (χ1v) is 9.67. The number of primary amides is 1. The molecule has 2 aromatic rings. The van der Waals surface area contributed by atoms with E-state index in [-0.39, 0.29) is 0 Å². The van der Waals surface area contributed by atoms with Gasteiger partial charge >= 0.3 is 6.03 Å². The number of carbonyl (C=O) groups excluding carboxylic acids is 2. The van der Waals surface area contributed by atoms with Gasteiger partial charge in [-0.25, -0.2) is 4.79 Å². The van der Waals surface area contributed by atoms with E-state index in [0.717, 1.165) is 42.9 Å². The Morgan fingerprint density at radius 3 is 2.65 bits per heavy atom. The molecular formula is C18H21ClN4O2S. The summed E-state index contributed by atoms with van der Waals surface area (Å²) in [4.78, 5) is 27.7. The van der Waals surface area contributed by atoms with Crippen molar-refractivity contribution in [3.05, 3.63) is 45.3 Å². The molecule has 2 heterocycles. The maximum absolute atomic E-state index is 12.3. The van der Waals surface area contributed by atoms with Gasteiger partial charge in [-0.1, -0.05) is 18.5 Å². The number of hydrogen-bond donors (Lipinski definition) is 3. The minimum atomic E-state index is -0.506. The lowest BCUT2D eigenvalue weighted by molar-refractivity contribution is 0.1000. The summed E-state index contributed by atoms with van der Waals surface area (Å²) in [7, 11) is 0. The lowest BCUT2D eigenvalue weighted by Gasteiger charge is -2.26. The van der Waals surface area contributed by atoms with Crippen molar-refractivity contribution in [1.29, 1.82) is 0 Å². The van der Waals surface area contributed by atoms with Gasteiger partial charge in [0.15, 0.2) is 0 Å². The van der Waals surface area contributed by atoms with E-state index in [1.807, 2.05) is 0 Å². The molecule has 8 heteroatoms. The Morgan fingerprint density at radius 1 is 1.27 bits per heavy atom. The van der Waals surface area contributed by atoms with Crippen molar-refractivity contribution < 1.29 is 9.59 Å². The van der Waals surface area contributed by atoms with Crippen LogP contribution in [0.2, 0.25) is 5.02 Å². The van der Waals surface area contributed by atoms with E-state index in [4.69, 9.17) is 17.3 Å². The first-order valence-electron chi connectivity index (χ1n) is 8.48. The summed E-state index contributed by atoms with van der Waals surface area (Å²) < 4.78 is 0. The van der Waals surface area contributed by atoms with Crippen LogP contribution in [-0.2, 0) is 13.0 Å². The molecular weight excluding hydrogens is 372 g/mol. The van der Waals surface area contributed by atoms with E-state index in [9.17, 15) is 9.59 Å². The summed E-state index contributed by atoms with van der Waals surface area (Å²) in [5.41, 5.74) is 7.61. The van der Waals surface area contributed by atoms with Crippen molar-refractivity contribution in [2.75, 3.05) is 23.7 Å². The zero-order chi connectivity index (χ0) is 18.7. The first kappa shape index (κ1) is 18.7. The smallest absolute Gasteiger partial charge is 0.324 e. The molecule has 138 valence electrons. The van der Waals surface area contributed by atoms with Gasteiger partial charge in [0.05, 0.1) is 5.56 Å². The molecule has 1 aliphatic rings. The van der Waals surface area contributed by atoms with Crippen molar-refractivity contribution in [3.8, 4) is 0 Å². The van der Waals surface area contributed by atoms with Gasteiger partial charge in [-0.3, -0.25) is 15.0 Å². The lowest BCUT2D eigenvalue weighted by atomic mass is 10.0. The molecule has 3 rings (SSSR count). The lowest BCUT2D eigenvalue weighted by Crippen LogP contribution is -2.31. The Bertz CT molecular complexity index is 819. The van der Waals surface area contributed by atoms with Crippen LogP contribution in [0.3, 0.4) is 0 Å². The molecule has 0 bridgehead atoms. The summed E-state index contributed by atoms with van der Waals surface area (Å²) in [6, 6.07) is 6.38. The topological polar surface area (TPSA) is 87.5 Å². The molecule has 0 radical (unpaired) electrons. The van der Waals surface area contributed by atoms with Gasteiger partial charge in [0, 0.05) is 28.7 Å². The van der Waals surface area contributed by atoms with Gasteiger partial charge in [0.25, 0.3) is 5.91 Å². The number of rotatable bonds is 5. The predicted molar refractivity (Wildman–Crippen MR) is 106 cm³/mol. The average Bonchev–Trinajstić information content (AvgIpc) is 2.94. The number of urea groups is 1. The highest BCUT2D eigenvalue weighted by Gasteiger charge is 2.27. The highest BCUT2D eigenvalue weighted by molar-refractivity contribution is 7.17. The fourth-order valence-corrected chi connectivity index (χ4v) is 4.53. The molecule has 0 atom stereocenters. The van der Waals surface area contributed by atoms with Crippen LogP contribution in [0, 0.1) is 0 Å². The number of benzene rings is 1. The van der Waals surface area contributed by atoms with E-state index < -0.39 is 11.9 Å². The van der Waals surface area contributed by atoms with Crippen LogP contribution in [0.25, 0.3) is 0 Å². The molecule has 0 unspecified atom stereocenters. The standard InChI is InChI=1S/C18H21ClN4O2S/c1-2-8-23-9-7-13-14(10-23)26-17(15(13)16(20)24)22-18(25)21-12-5-3-11(19)4-6-12/h3-6H,2,7-10H2,1H3,(H2,20,24)(H2,21,22,25). The number of nitrogens with zero attached hydrogens (tertiary/aromatic N) is 1. The molecule has 6 nitrogen and oxygen atoms in total. The number of nitrogens with one attached hydrogen (secondary N) is 2. The third-order valence-electron chi connectivity index (χ3n) is 4.25. The minimum Gasteiger partial charge on any atom is -0.365 e. The van der Waals surface area contributed by atoms with Gasteiger partial charge < -0.3 is 11.1 Å². The van der Waals surface area contributed by atoms with Crippen molar-refractivity contribution in [3.63, 3.8) is 0 Å². The largest absolute Gasteiger partial charge is 0.365 e. The number of nitrogens with two attached hydrogens (primary N) is 1. The number of thiophene rings is 1. The van der Waals surface area contributed by atoms with Crippen LogP contribution in [0.4, 0.5) is 15.5 Å². The molecule has 0 saturated carbocycles. The molecule has 0 spiro atoms. The van der Waals surface area contributed by atoms with Crippen LogP contribution in [0.5, 0.6) is 0 Å². The summed E-state index contributed by atoms with van der Waals surface area (Å²) >= 11 is 7.27. The van der Waals surface area contributed by atoms with Crippen molar-refractivity contribution in [2.24, 2.45) is 5.73 Å². The van der Waals surface area contributed by atoms with Gasteiger partial charge in [-0.05, 0) is 49.2 Å². The summed E-state index contributed by atoms with van der Waals surface area (Å²) in [5, 5.41) is 6.60. The zero-order valence-electron chi connectivity index (χ0n) is 14.5. The molecule has 0 fully saturated rings. The predicted octanol–water partition coefficient (Wildman–Crippen LogP) is 3.91. The second-order valence-electron chi connectivity index (χ2n) is 6.18. The van der Waals surface area contributed by atoms with Gasteiger partial charge in [0.1, 0.15) is 5.00 Å². The number of hydrogen-bond acceptors (Lipinski definition) is 4. The van der Waals surface area contributed by atoms with E-state index >= 15 is 0 Å². The van der Waals surface area contributed by atoms with E-state index in [0.29, 0.717) is 21.3 Å². The third kappa shape index (κ3) is 4.17. The number of carbonyl (C=O) groups is 2. The maximum atomic E-state index is 12.3. The molecule has 1 aromatic carbocycles. The van der Waals surface area contributed by atoms with Gasteiger partial charge in [-0.2, -0.15) is 0 Å². The summed E-state index contributed by atoms with van der Waals surface area (Å²) in [5.74, 6) is -0.506. The Labute approximate surface area is 161 Å². The number of anilines is 2. The molecule has 26 heavy (non-hydrogen) atoms. The second-order valence-corrected chi connectivity index (χ2v) is 7.73. The zero-order valence-corrected chi connectivity index (χ0v) is 16.0. The second kappa shape index (κ2) is 8.07. The van der Waals surface area contributed by atoms with Crippen LogP contribution in [-0.4, -0.2) is 29.9 Å². The normalized spacial score (nSPS) is 13.9. The van der Waals surface area contributed by atoms with E-state index in [1.54, 1.807) is 24.3 Å². The van der Waals surface area contributed by atoms with Gasteiger partial charge in [0.2, 0.25) is 0 Å². The number of halogens is 1. The van der Waals surface area contributed by atoms with Crippen LogP contribution in [0.15, 0.2) is 24.3 Å². The highest BCUT2D eigenvalue weighted by atomic mass is 35.5. The fraction of sp³-hybridized carbons (Fsp3) is 0.333. The fourth-order valence-electron chi connectivity index (χ4n) is 3.11. The average molecular weight is 393 g/mol. The van der Waals surface area contributed by atoms with Gasteiger partial charge in [-0.15, -0.1) is 11.3 Å². The van der Waals surface area contributed by atoms with Crippen molar-refractivity contribution in [1.82, 2.24) is 4.90 Å². The molecule has 1 aliphatic heterocycles. The molecule has 4 N–H and O–H groups in total. The maximum Gasteiger partial charge on any atom is 0.324 e.